The molecule has 1 fully saturated rings. The number of nitriles is 1. The van der Waals surface area contributed by atoms with Crippen LogP contribution in [-0.2, 0) is 10.0 Å². The van der Waals surface area contributed by atoms with E-state index in [9.17, 15) is 8.42 Å². The Kier molecular flexibility index (Phi) is 5.81. The molecule has 0 aliphatic heterocycles. The number of rotatable bonds is 6. The fraction of sp³-hybridized carbons (Fsp3) is 0.562. The van der Waals surface area contributed by atoms with Crippen LogP contribution in [-0.4, -0.2) is 26.8 Å². The van der Waals surface area contributed by atoms with Gasteiger partial charge in [-0.3, -0.25) is 0 Å². The topological polar surface area (TPSA) is 79.2 Å². The molecule has 1 N–H and O–H groups in total. The largest absolute Gasteiger partial charge is 0.493 e. The lowest BCUT2D eigenvalue weighted by Gasteiger charge is -2.31. The molecule has 0 saturated heterocycles. The highest BCUT2D eigenvalue weighted by molar-refractivity contribution is 7.89. The fourth-order valence-electron chi connectivity index (χ4n) is 2.73. The molecule has 0 unspecified atom stereocenters. The summed E-state index contributed by atoms with van der Waals surface area (Å²) in [5.74, 6) is 0.920. The van der Waals surface area contributed by atoms with E-state index in [2.05, 4.69) is 10.8 Å². The number of hydrogen-bond donors (Lipinski definition) is 1. The van der Waals surface area contributed by atoms with Crippen LogP contribution in [0, 0.1) is 17.2 Å². The van der Waals surface area contributed by atoms with Crippen LogP contribution < -0.4 is 9.46 Å². The van der Waals surface area contributed by atoms with Crippen molar-refractivity contribution >= 4 is 10.0 Å². The first-order chi connectivity index (χ1) is 10.5. The van der Waals surface area contributed by atoms with E-state index in [-0.39, 0.29) is 17.7 Å². The summed E-state index contributed by atoms with van der Waals surface area (Å²) in [7, 11) is -3.19. The highest BCUT2D eigenvalue weighted by atomic mass is 32.2. The molecule has 1 saturated carbocycles. The predicted molar refractivity (Wildman–Crippen MR) is 85.0 cm³/mol. The van der Waals surface area contributed by atoms with E-state index < -0.39 is 10.0 Å². The number of sulfonamides is 1. The Morgan fingerprint density at radius 1 is 1.36 bits per heavy atom. The van der Waals surface area contributed by atoms with Crippen LogP contribution in [0.4, 0.5) is 0 Å². The average molecular weight is 322 g/mol. The van der Waals surface area contributed by atoms with Gasteiger partial charge < -0.3 is 4.74 Å². The lowest BCUT2D eigenvalue weighted by atomic mass is 9.86. The second-order valence-electron chi connectivity index (χ2n) is 5.62. The molecule has 1 aliphatic carbocycles. The minimum Gasteiger partial charge on any atom is -0.493 e. The molecule has 2 rings (SSSR count). The summed E-state index contributed by atoms with van der Waals surface area (Å²) in [6, 6.07) is 9.05. The Morgan fingerprint density at radius 3 is 2.86 bits per heavy atom. The highest BCUT2D eigenvalue weighted by Crippen LogP contribution is 2.26. The quantitative estimate of drug-likeness (QED) is 0.872. The van der Waals surface area contributed by atoms with Gasteiger partial charge in [-0.05, 0) is 38.0 Å². The Bertz CT molecular complexity index is 637. The molecule has 0 radical (unpaired) electrons. The van der Waals surface area contributed by atoms with Gasteiger partial charge in [0.05, 0.1) is 24.0 Å². The molecule has 2 atom stereocenters. The Morgan fingerprint density at radius 2 is 2.14 bits per heavy atom. The molecule has 120 valence electrons. The minimum absolute atomic E-state index is 0.0575. The number of nitrogens with zero attached hydrogens (tertiary/aromatic N) is 1. The Hall–Kier alpha value is -1.58. The van der Waals surface area contributed by atoms with Gasteiger partial charge >= 0.3 is 0 Å². The molecule has 6 heteroatoms. The van der Waals surface area contributed by atoms with Crippen molar-refractivity contribution in [3.63, 3.8) is 0 Å². The molecule has 0 aromatic heterocycles. The Balaban J connectivity index is 1.98. The second kappa shape index (κ2) is 7.61. The summed E-state index contributed by atoms with van der Waals surface area (Å²) in [6.07, 6.45) is 3.94. The molecule has 0 amide bonds. The molecular formula is C16H22N2O3S. The van der Waals surface area contributed by atoms with Crippen molar-refractivity contribution in [2.24, 2.45) is 5.92 Å². The first-order valence-corrected chi connectivity index (χ1v) is 9.32. The summed E-state index contributed by atoms with van der Waals surface area (Å²) < 4.78 is 32.1. The average Bonchev–Trinajstić information content (AvgIpc) is 2.54. The van der Waals surface area contributed by atoms with Crippen molar-refractivity contribution in [2.45, 2.75) is 38.6 Å². The van der Waals surface area contributed by atoms with Crippen LogP contribution in [0.25, 0.3) is 0 Å². The van der Waals surface area contributed by atoms with Crippen LogP contribution in [0.2, 0.25) is 0 Å². The minimum atomic E-state index is -3.19. The van der Waals surface area contributed by atoms with E-state index in [1.54, 1.807) is 25.1 Å². The summed E-state index contributed by atoms with van der Waals surface area (Å²) in [4.78, 5) is 0. The summed E-state index contributed by atoms with van der Waals surface area (Å²) in [6.45, 7) is 2.11. The van der Waals surface area contributed by atoms with E-state index in [4.69, 9.17) is 10.00 Å². The van der Waals surface area contributed by atoms with Crippen LogP contribution >= 0.6 is 0 Å². The fourth-order valence-corrected chi connectivity index (χ4v) is 3.67. The van der Waals surface area contributed by atoms with Crippen molar-refractivity contribution in [1.82, 2.24) is 4.72 Å². The van der Waals surface area contributed by atoms with Crippen molar-refractivity contribution in [1.29, 1.82) is 5.26 Å². The zero-order valence-corrected chi connectivity index (χ0v) is 13.6. The molecule has 1 aliphatic rings. The number of hydrogen-bond acceptors (Lipinski definition) is 4. The Labute approximate surface area is 132 Å². The molecule has 1 aromatic carbocycles. The first kappa shape index (κ1) is 16.8. The van der Waals surface area contributed by atoms with Crippen LogP contribution in [0.1, 0.15) is 38.2 Å². The van der Waals surface area contributed by atoms with Gasteiger partial charge in [0.2, 0.25) is 10.0 Å². The molecule has 0 bridgehead atoms. The number of nitrogens with one attached hydrogen (secondary N) is 1. The van der Waals surface area contributed by atoms with E-state index in [0.29, 0.717) is 17.9 Å². The van der Waals surface area contributed by atoms with Crippen LogP contribution in [0.5, 0.6) is 5.75 Å². The molecule has 5 nitrogen and oxygen atoms in total. The standard InChI is InChI=1S/C16H22N2O3S/c1-2-22(19,20)18-16-9-4-3-7-14(16)12-21-15-8-5-6-13(10-15)11-17/h5-6,8,10,14,16,18H,2-4,7,9,12H2,1H3/t14-,16+/m0/s1. The van der Waals surface area contributed by atoms with Crippen molar-refractivity contribution < 1.29 is 13.2 Å². The lowest BCUT2D eigenvalue weighted by molar-refractivity contribution is 0.180. The van der Waals surface area contributed by atoms with Gasteiger partial charge in [0.15, 0.2) is 0 Å². The molecule has 0 spiro atoms. The van der Waals surface area contributed by atoms with Crippen LogP contribution in [0.15, 0.2) is 24.3 Å². The van der Waals surface area contributed by atoms with Crippen molar-refractivity contribution in [3.05, 3.63) is 29.8 Å². The lowest BCUT2D eigenvalue weighted by Crippen LogP contribution is -2.44. The van der Waals surface area contributed by atoms with Gasteiger partial charge in [0.25, 0.3) is 0 Å². The van der Waals surface area contributed by atoms with Crippen LogP contribution in [0.3, 0.4) is 0 Å². The summed E-state index contributed by atoms with van der Waals surface area (Å²) >= 11 is 0. The third kappa shape index (κ3) is 4.72. The molecule has 1 aromatic rings. The van der Waals surface area contributed by atoms with Crippen molar-refractivity contribution in [3.8, 4) is 11.8 Å². The summed E-state index contributed by atoms with van der Waals surface area (Å²) in [5, 5.41) is 8.89. The second-order valence-corrected chi connectivity index (χ2v) is 7.67. The van der Waals surface area contributed by atoms with Gasteiger partial charge in [-0.2, -0.15) is 5.26 Å². The maximum absolute atomic E-state index is 11.8. The third-order valence-electron chi connectivity index (χ3n) is 4.05. The molecule has 22 heavy (non-hydrogen) atoms. The van der Waals surface area contributed by atoms with Gasteiger partial charge in [-0.1, -0.05) is 18.9 Å². The van der Waals surface area contributed by atoms with Gasteiger partial charge in [-0.25, -0.2) is 13.1 Å². The monoisotopic (exact) mass is 322 g/mol. The third-order valence-corrected chi connectivity index (χ3v) is 5.47. The molecule has 0 heterocycles. The van der Waals surface area contributed by atoms with Gasteiger partial charge in [0, 0.05) is 12.0 Å². The number of ether oxygens (including phenoxy) is 1. The number of benzene rings is 1. The van der Waals surface area contributed by atoms with Crippen molar-refractivity contribution in [2.75, 3.05) is 12.4 Å². The highest BCUT2D eigenvalue weighted by Gasteiger charge is 2.28. The smallest absolute Gasteiger partial charge is 0.211 e. The van der Waals surface area contributed by atoms with E-state index in [1.807, 2.05) is 6.07 Å². The predicted octanol–water partition coefficient (Wildman–Crippen LogP) is 2.44. The zero-order valence-electron chi connectivity index (χ0n) is 12.8. The SMILES string of the molecule is CCS(=O)(=O)N[C@@H]1CCCC[C@H]1COc1cccc(C#N)c1. The molecular weight excluding hydrogens is 300 g/mol. The van der Waals surface area contributed by atoms with Gasteiger partial charge in [0.1, 0.15) is 5.75 Å². The maximum Gasteiger partial charge on any atom is 0.211 e. The summed E-state index contributed by atoms with van der Waals surface area (Å²) in [5.41, 5.74) is 0.560. The normalized spacial score (nSPS) is 22.0. The van der Waals surface area contributed by atoms with E-state index in [0.717, 1.165) is 25.7 Å². The maximum atomic E-state index is 11.8. The first-order valence-electron chi connectivity index (χ1n) is 7.67. The van der Waals surface area contributed by atoms with E-state index in [1.165, 1.54) is 0 Å². The zero-order chi connectivity index (χ0) is 16.0. The van der Waals surface area contributed by atoms with E-state index >= 15 is 0 Å². The van der Waals surface area contributed by atoms with Gasteiger partial charge in [-0.15, -0.1) is 0 Å².